The summed E-state index contributed by atoms with van der Waals surface area (Å²) in [5, 5.41) is 13.3. The van der Waals surface area contributed by atoms with E-state index in [1.54, 1.807) is 6.07 Å². The number of carbonyl (C=O) groups is 1. The summed E-state index contributed by atoms with van der Waals surface area (Å²) in [5.41, 5.74) is 11.6. The largest absolute Gasteiger partial charge is 0.478 e. The van der Waals surface area contributed by atoms with Crippen LogP contribution in [0.4, 0.5) is 5.82 Å². The van der Waals surface area contributed by atoms with Gasteiger partial charge in [0.1, 0.15) is 11.3 Å². The Labute approximate surface area is 197 Å². The van der Waals surface area contributed by atoms with Crippen LogP contribution in [0.15, 0.2) is 54.6 Å². The van der Waals surface area contributed by atoms with Crippen molar-refractivity contribution in [1.82, 2.24) is 15.0 Å². The summed E-state index contributed by atoms with van der Waals surface area (Å²) in [5.74, 6) is -0.284. The van der Waals surface area contributed by atoms with Crippen molar-refractivity contribution in [3.05, 3.63) is 77.1 Å². The van der Waals surface area contributed by atoms with Crippen molar-refractivity contribution >= 4 is 22.8 Å². The number of nitrogens with two attached hydrogens (primary N) is 1. The minimum Gasteiger partial charge on any atom is -0.478 e. The van der Waals surface area contributed by atoms with Gasteiger partial charge in [0.15, 0.2) is 0 Å². The number of anilines is 1. The third-order valence-electron chi connectivity index (χ3n) is 5.94. The molecule has 1 aliphatic carbocycles. The molecule has 2 aromatic carbocycles. The van der Waals surface area contributed by atoms with Gasteiger partial charge in [0.25, 0.3) is 0 Å². The van der Waals surface area contributed by atoms with Gasteiger partial charge in [-0.2, -0.15) is 0 Å². The van der Waals surface area contributed by atoms with Gasteiger partial charge < -0.3 is 25.9 Å². The van der Waals surface area contributed by atoms with Crippen LogP contribution in [0.5, 0.6) is 0 Å². The first kappa shape index (κ1) is 22.1. The standard InChI is InChI=1S/C26H27N5O3/c1-15-25(29-17-10-11-17)31-24-18(8-5-9-21(24)28-15)22-12-19(26(32)33)23(30-22)20(27)14-34-13-16-6-3-2-4-7-16/h2-9,12,17,20,30H,10-11,13-14,27H2,1H3,(H,29,31)(H,32,33). The normalized spacial score (nSPS) is 14.3. The number of carboxylic acid groups (broad SMARTS) is 1. The molecule has 0 saturated heterocycles. The molecule has 1 atom stereocenters. The maximum atomic E-state index is 12.0. The fourth-order valence-corrected chi connectivity index (χ4v) is 3.99. The van der Waals surface area contributed by atoms with Gasteiger partial charge in [0.05, 0.1) is 36.0 Å². The van der Waals surface area contributed by atoms with Crippen molar-refractivity contribution in [2.24, 2.45) is 5.73 Å². The van der Waals surface area contributed by atoms with Crippen molar-refractivity contribution in [2.75, 3.05) is 11.9 Å². The van der Waals surface area contributed by atoms with E-state index in [1.807, 2.05) is 55.5 Å². The molecular weight excluding hydrogens is 430 g/mol. The molecule has 5 rings (SSSR count). The van der Waals surface area contributed by atoms with Gasteiger partial charge in [-0.05, 0) is 37.5 Å². The molecule has 1 aliphatic rings. The fourth-order valence-electron chi connectivity index (χ4n) is 3.99. The molecule has 2 aromatic heterocycles. The van der Waals surface area contributed by atoms with Gasteiger partial charge >= 0.3 is 5.97 Å². The zero-order valence-electron chi connectivity index (χ0n) is 18.9. The fraction of sp³-hybridized carbons (Fsp3) is 0.269. The first-order valence-corrected chi connectivity index (χ1v) is 11.4. The van der Waals surface area contributed by atoms with E-state index in [9.17, 15) is 9.90 Å². The van der Waals surface area contributed by atoms with Crippen LogP contribution >= 0.6 is 0 Å². The Kier molecular flexibility index (Phi) is 6.00. The number of para-hydroxylation sites is 1. The van der Waals surface area contributed by atoms with Gasteiger partial charge in [-0.3, -0.25) is 0 Å². The highest BCUT2D eigenvalue weighted by Crippen LogP contribution is 2.32. The number of hydrogen-bond donors (Lipinski definition) is 4. The van der Waals surface area contributed by atoms with Crippen LogP contribution in [0.1, 0.15) is 46.2 Å². The highest BCUT2D eigenvalue weighted by Gasteiger charge is 2.24. The summed E-state index contributed by atoms with van der Waals surface area (Å²) in [7, 11) is 0. The lowest BCUT2D eigenvalue weighted by Gasteiger charge is -2.13. The highest BCUT2D eigenvalue weighted by atomic mass is 16.5. The van der Waals surface area contributed by atoms with E-state index in [0.717, 1.165) is 41.0 Å². The second-order valence-corrected chi connectivity index (χ2v) is 8.67. The Balaban J connectivity index is 1.45. The molecule has 0 bridgehead atoms. The number of fused-ring (bicyclic) bond motifs is 1. The number of hydrogen-bond acceptors (Lipinski definition) is 6. The van der Waals surface area contributed by atoms with Crippen molar-refractivity contribution < 1.29 is 14.6 Å². The van der Waals surface area contributed by atoms with E-state index >= 15 is 0 Å². The number of nitrogens with zero attached hydrogens (tertiary/aromatic N) is 2. The molecule has 0 spiro atoms. The average Bonchev–Trinajstić information content (AvgIpc) is 3.53. The molecule has 34 heavy (non-hydrogen) atoms. The Hall–Kier alpha value is -3.75. The third-order valence-corrected chi connectivity index (χ3v) is 5.94. The molecule has 1 unspecified atom stereocenters. The SMILES string of the molecule is Cc1nc2cccc(-c3cc(C(=O)O)c(C(N)COCc4ccccc4)[nH]3)c2nc1NC1CC1. The Bertz CT molecular complexity index is 1330. The number of benzene rings is 2. The van der Waals surface area contributed by atoms with Crippen LogP contribution in [0, 0.1) is 6.92 Å². The number of aromatic nitrogens is 3. The molecule has 0 amide bonds. The summed E-state index contributed by atoms with van der Waals surface area (Å²) < 4.78 is 5.76. The van der Waals surface area contributed by atoms with E-state index < -0.39 is 12.0 Å². The number of ether oxygens (including phenoxy) is 1. The van der Waals surface area contributed by atoms with Crippen LogP contribution in [0.3, 0.4) is 0 Å². The smallest absolute Gasteiger partial charge is 0.337 e. The van der Waals surface area contributed by atoms with Crippen molar-refractivity contribution in [2.45, 2.75) is 38.5 Å². The monoisotopic (exact) mass is 457 g/mol. The summed E-state index contributed by atoms with van der Waals surface area (Å²) in [6.07, 6.45) is 2.26. The van der Waals surface area contributed by atoms with Crippen molar-refractivity contribution in [1.29, 1.82) is 0 Å². The summed E-state index contributed by atoms with van der Waals surface area (Å²) >= 11 is 0. The second kappa shape index (κ2) is 9.24. The van der Waals surface area contributed by atoms with Crippen LogP contribution in [0.25, 0.3) is 22.3 Å². The van der Waals surface area contributed by atoms with E-state index in [1.165, 1.54) is 0 Å². The van der Waals surface area contributed by atoms with E-state index in [2.05, 4.69) is 10.3 Å². The number of aromatic carboxylic acids is 1. The minimum absolute atomic E-state index is 0.124. The van der Waals surface area contributed by atoms with Gasteiger partial charge in [-0.1, -0.05) is 42.5 Å². The molecule has 1 fully saturated rings. The van der Waals surface area contributed by atoms with E-state index in [-0.39, 0.29) is 12.2 Å². The minimum atomic E-state index is -1.05. The van der Waals surface area contributed by atoms with Crippen molar-refractivity contribution in [3.8, 4) is 11.3 Å². The lowest BCUT2D eigenvalue weighted by molar-refractivity contribution is 0.0692. The predicted molar refractivity (Wildman–Crippen MR) is 131 cm³/mol. The maximum Gasteiger partial charge on any atom is 0.337 e. The average molecular weight is 458 g/mol. The summed E-state index contributed by atoms with van der Waals surface area (Å²) in [6, 6.07) is 16.9. The molecule has 0 aliphatic heterocycles. The topological polar surface area (TPSA) is 126 Å². The van der Waals surface area contributed by atoms with Crippen molar-refractivity contribution in [3.63, 3.8) is 0 Å². The Morgan fingerprint density at radius 2 is 2.00 bits per heavy atom. The number of aryl methyl sites for hydroxylation is 1. The first-order valence-electron chi connectivity index (χ1n) is 11.4. The molecule has 4 aromatic rings. The number of rotatable bonds is 9. The Morgan fingerprint density at radius 3 is 2.74 bits per heavy atom. The Morgan fingerprint density at radius 1 is 1.21 bits per heavy atom. The quantitative estimate of drug-likeness (QED) is 0.293. The number of H-pyrrole nitrogens is 1. The van der Waals surface area contributed by atoms with Crippen LogP contribution in [-0.4, -0.2) is 38.7 Å². The van der Waals surface area contributed by atoms with Crippen LogP contribution in [0.2, 0.25) is 0 Å². The van der Waals surface area contributed by atoms with Gasteiger partial charge in [0, 0.05) is 23.0 Å². The number of carboxylic acids is 1. The molecule has 5 N–H and O–H groups in total. The first-order chi connectivity index (χ1) is 16.5. The third kappa shape index (κ3) is 4.64. The summed E-state index contributed by atoms with van der Waals surface area (Å²) in [6.45, 7) is 2.52. The van der Waals surface area contributed by atoms with Gasteiger partial charge in [-0.15, -0.1) is 0 Å². The zero-order valence-corrected chi connectivity index (χ0v) is 18.9. The molecular formula is C26H27N5O3. The molecule has 0 radical (unpaired) electrons. The molecule has 174 valence electrons. The molecule has 1 saturated carbocycles. The molecule has 8 heteroatoms. The lowest BCUT2D eigenvalue weighted by Crippen LogP contribution is -2.20. The van der Waals surface area contributed by atoms with E-state index in [0.29, 0.717) is 29.6 Å². The number of aromatic amines is 1. The highest BCUT2D eigenvalue weighted by molar-refractivity contribution is 5.95. The lowest BCUT2D eigenvalue weighted by atomic mass is 10.1. The van der Waals surface area contributed by atoms with Gasteiger partial charge in [0.2, 0.25) is 0 Å². The van der Waals surface area contributed by atoms with Crippen LogP contribution < -0.4 is 11.1 Å². The van der Waals surface area contributed by atoms with Gasteiger partial charge in [-0.25, -0.2) is 14.8 Å². The number of nitrogens with one attached hydrogen (secondary N) is 2. The summed E-state index contributed by atoms with van der Waals surface area (Å²) in [4.78, 5) is 24.8. The maximum absolute atomic E-state index is 12.0. The predicted octanol–water partition coefficient (Wildman–Crippen LogP) is 4.42. The van der Waals surface area contributed by atoms with E-state index in [4.69, 9.17) is 20.4 Å². The van der Waals surface area contributed by atoms with Crippen LogP contribution in [-0.2, 0) is 11.3 Å². The second-order valence-electron chi connectivity index (χ2n) is 8.67. The molecule has 2 heterocycles. The molecule has 8 nitrogen and oxygen atoms in total. The zero-order chi connectivity index (χ0) is 23.7.